The zero-order valence-electron chi connectivity index (χ0n) is 12.9. The van der Waals surface area contributed by atoms with Gasteiger partial charge in [-0.3, -0.25) is 0 Å². The van der Waals surface area contributed by atoms with Crippen LogP contribution >= 0.6 is 0 Å². The lowest BCUT2D eigenvalue weighted by molar-refractivity contribution is 0.146. The minimum atomic E-state index is -1.90. The van der Waals surface area contributed by atoms with Crippen LogP contribution in [0, 0.1) is 5.41 Å². The molecule has 0 spiro atoms. The van der Waals surface area contributed by atoms with Gasteiger partial charge >= 0.3 is 8.56 Å². The van der Waals surface area contributed by atoms with Crippen molar-refractivity contribution in [2.75, 3.05) is 20.8 Å². The van der Waals surface area contributed by atoms with E-state index in [0.717, 1.165) is 12.7 Å². The molecule has 1 atom stereocenters. The van der Waals surface area contributed by atoms with Gasteiger partial charge in [0.15, 0.2) is 0 Å². The Morgan fingerprint density at radius 2 is 1.74 bits per heavy atom. The average Bonchev–Trinajstić information content (AvgIpc) is 3.28. The second kappa shape index (κ2) is 6.70. The monoisotopic (exact) mass is 286 g/mol. The first-order valence-electron chi connectivity index (χ1n) is 7.83. The van der Waals surface area contributed by atoms with Gasteiger partial charge in [0.2, 0.25) is 0 Å². The van der Waals surface area contributed by atoms with E-state index in [0.29, 0.717) is 11.5 Å². The molecule has 1 aliphatic carbocycles. The summed E-state index contributed by atoms with van der Waals surface area (Å²) in [5, 5.41) is 0. The summed E-state index contributed by atoms with van der Waals surface area (Å²) >= 11 is 0. The first-order valence-corrected chi connectivity index (χ1v) is 10.4. The average molecular weight is 286 g/mol. The van der Waals surface area contributed by atoms with Crippen molar-refractivity contribution in [2.24, 2.45) is 5.41 Å². The molecule has 2 fully saturated rings. The molecule has 0 aromatic rings. The van der Waals surface area contributed by atoms with Crippen molar-refractivity contribution in [3.8, 4) is 0 Å². The van der Waals surface area contributed by atoms with Crippen molar-refractivity contribution < 1.29 is 13.6 Å². The van der Waals surface area contributed by atoms with E-state index in [-0.39, 0.29) is 0 Å². The summed E-state index contributed by atoms with van der Waals surface area (Å²) < 4.78 is 16.7. The molecule has 1 heterocycles. The molecule has 1 aliphatic heterocycles. The Kier molecular flexibility index (Phi) is 5.46. The maximum absolute atomic E-state index is 5.65. The predicted octanol–water partition coefficient (Wildman–Crippen LogP) is 3.87. The lowest BCUT2D eigenvalue weighted by Gasteiger charge is -2.39. The molecule has 4 heteroatoms. The highest BCUT2D eigenvalue weighted by atomic mass is 28.4. The van der Waals surface area contributed by atoms with Crippen LogP contribution in [0.1, 0.15) is 51.4 Å². The van der Waals surface area contributed by atoms with Crippen molar-refractivity contribution in [2.45, 2.75) is 70.1 Å². The van der Waals surface area contributed by atoms with Crippen LogP contribution in [0.4, 0.5) is 0 Å². The number of hydrogen-bond acceptors (Lipinski definition) is 3. The van der Waals surface area contributed by atoms with Crippen molar-refractivity contribution >= 4 is 8.56 Å². The maximum atomic E-state index is 5.65. The van der Waals surface area contributed by atoms with Gasteiger partial charge in [0, 0.05) is 14.2 Å². The van der Waals surface area contributed by atoms with Gasteiger partial charge in [-0.1, -0.05) is 19.3 Å². The van der Waals surface area contributed by atoms with Gasteiger partial charge in [0.05, 0.1) is 12.7 Å². The van der Waals surface area contributed by atoms with Crippen molar-refractivity contribution in [1.29, 1.82) is 0 Å². The van der Waals surface area contributed by atoms with Crippen LogP contribution < -0.4 is 0 Å². The summed E-state index contributed by atoms with van der Waals surface area (Å²) in [5.41, 5.74) is 0.551. The van der Waals surface area contributed by atoms with Gasteiger partial charge in [0.1, 0.15) is 0 Å². The fourth-order valence-corrected chi connectivity index (χ4v) is 4.97. The number of ether oxygens (including phenoxy) is 1. The summed E-state index contributed by atoms with van der Waals surface area (Å²) in [6, 6.07) is 1.13. The Bertz CT molecular complexity index is 269. The van der Waals surface area contributed by atoms with Gasteiger partial charge < -0.3 is 13.6 Å². The van der Waals surface area contributed by atoms with Gasteiger partial charge in [-0.2, -0.15) is 0 Å². The molecule has 3 nitrogen and oxygen atoms in total. The van der Waals surface area contributed by atoms with Crippen LogP contribution in [-0.2, 0) is 13.6 Å². The van der Waals surface area contributed by atoms with Crippen LogP contribution in [0.3, 0.4) is 0 Å². The van der Waals surface area contributed by atoms with Gasteiger partial charge in [-0.15, -0.1) is 0 Å². The second-order valence-electron chi connectivity index (χ2n) is 6.60. The van der Waals surface area contributed by atoms with Crippen LogP contribution in [0.5, 0.6) is 0 Å². The first-order chi connectivity index (χ1) is 9.11. The van der Waals surface area contributed by atoms with Crippen LogP contribution in [0.25, 0.3) is 0 Å². The number of rotatable bonds is 8. The number of epoxide rings is 1. The van der Waals surface area contributed by atoms with Crippen molar-refractivity contribution in [1.82, 2.24) is 0 Å². The van der Waals surface area contributed by atoms with Gasteiger partial charge in [0.25, 0.3) is 0 Å². The summed E-state index contributed by atoms with van der Waals surface area (Å²) in [4.78, 5) is 0. The quantitative estimate of drug-likeness (QED) is 0.501. The van der Waals surface area contributed by atoms with E-state index >= 15 is 0 Å². The smallest absolute Gasteiger partial charge is 0.334 e. The van der Waals surface area contributed by atoms with Gasteiger partial charge in [-0.25, -0.2) is 0 Å². The molecule has 19 heavy (non-hydrogen) atoms. The van der Waals surface area contributed by atoms with Crippen molar-refractivity contribution in [3.05, 3.63) is 0 Å². The Labute approximate surface area is 119 Å². The zero-order valence-corrected chi connectivity index (χ0v) is 13.9. The molecule has 0 radical (unpaired) electrons. The molecule has 0 bridgehead atoms. The molecule has 112 valence electrons. The molecular formula is C15H30O3Si. The second-order valence-corrected chi connectivity index (χ2v) is 10.2. The third-order valence-corrected chi connectivity index (χ3v) is 8.17. The molecule has 0 amide bonds. The summed E-state index contributed by atoms with van der Waals surface area (Å²) in [5.74, 6) is 0. The zero-order chi connectivity index (χ0) is 13.8. The summed E-state index contributed by atoms with van der Waals surface area (Å²) in [7, 11) is 1.71. The SMILES string of the molecule is CO[Si](C)(CCC1(CCC2CO2)CCCCC1)OC. The highest BCUT2D eigenvalue weighted by Crippen LogP contribution is 2.46. The van der Waals surface area contributed by atoms with Crippen LogP contribution in [-0.4, -0.2) is 35.5 Å². The number of hydrogen-bond donors (Lipinski definition) is 0. The fourth-order valence-electron chi connectivity index (χ4n) is 3.41. The molecule has 0 aromatic carbocycles. The fraction of sp³-hybridized carbons (Fsp3) is 1.00. The van der Waals surface area contributed by atoms with Crippen LogP contribution in [0.2, 0.25) is 12.6 Å². The lowest BCUT2D eigenvalue weighted by Crippen LogP contribution is -2.38. The molecule has 1 saturated carbocycles. The Morgan fingerprint density at radius 1 is 1.11 bits per heavy atom. The Balaban J connectivity index is 1.88. The van der Waals surface area contributed by atoms with E-state index in [9.17, 15) is 0 Å². The Hall–Kier alpha value is 0.0969. The largest absolute Gasteiger partial charge is 0.398 e. The minimum Gasteiger partial charge on any atom is -0.398 e. The van der Waals surface area contributed by atoms with Crippen molar-refractivity contribution in [3.63, 3.8) is 0 Å². The van der Waals surface area contributed by atoms with E-state index in [1.807, 2.05) is 0 Å². The molecule has 2 rings (SSSR count). The first kappa shape index (κ1) is 15.5. The van der Waals surface area contributed by atoms with E-state index in [2.05, 4.69) is 6.55 Å². The standard InChI is InChI=1S/C15H30O3Si/c1-16-19(3,17-2)12-11-15(8-5-4-6-9-15)10-7-14-13-18-14/h14H,4-13H2,1-3H3. The highest BCUT2D eigenvalue weighted by molar-refractivity contribution is 6.65. The van der Waals surface area contributed by atoms with E-state index < -0.39 is 8.56 Å². The minimum absolute atomic E-state index is 0.551. The normalized spacial score (nSPS) is 26.4. The van der Waals surface area contributed by atoms with Gasteiger partial charge in [-0.05, 0) is 50.1 Å². The molecule has 0 aromatic heterocycles. The van der Waals surface area contributed by atoms with Crippen LogP contribution in [0.15, 0.2) is 0 Å². The Morgan fingerprint density at radius 3 is 2.26 bits per heavy atom. The molecular weight excluding hydrogens is 256 g/mol. The third kappa shape index (κ3) is 4.55. The topological polar surface area (TPSA) is 31.0 Å². The highest BCUT2D eigenvalue weighted by Gasteiger charge is 2.38. The molecule has 2 aliphatic rings. The third-order valence-electron chi connectivity index (χ3n) is 5.29. The molecule has 0 N–H and O–H groups in total. The summed E-state index contributed by atoms with van der Waals surface area (Å²) in [6.45, 7) is 3.19. The molecule has 1 saturated heterocycles. The summed E-state index contributed by atoms with van der Waals surface area (Å²) in [6.07, 6.45) is 11.5. The molecule has 1 unspecified atom stereocenters. The maximum Gasteiger partial charge on any atom is 0.334 e. The van der Waals surface area contributed by atoms with E-state index in [4.69, 9.17) is 13.6 Å². The predicted molar refractivity (Wildman–Crippen MR) is 79.6 cm³/mol. The lowest BCUT2D eigenvalue weighted by atomic mass is 9.69. The van der Waals surface area contributed by atoms with E-state index in [1.165, 1.54) is 51.4 Å². The van der Waals surface area contributed by atoms with E-state index in [1.54, 1.807) is 14.2 Å².